The average molecular weight is 383 g/mol. The number of carbonyl (C=O) groups excluding carboxylic acids is 4. The number of hydrogen-bond acceptors (Lipinski definition) is 4. The maximum atomic E-state index is 12.3. The summed E-state index contributed by atoms with van der Waals surface area (Å²) in [6.45, 7) is 0. The van der Waals surface area contributed by atoms with E-state index in [1.54, 1.807) is 19.2 Å². The van der Waals surface area contributed by atoms with Crippen molar-refractivity contribution in [1.82, 2.24) is 10.2 Å². The lowest BCUT2D eigenvalue weighted by Gasteiger charge is -2.27. The summed E-state index contributed by atoms with van der Waals surface area (Å²) in [5.41, 5.74) is 1.54. The van der Waals surface area contributed by atoms with E-state index in [2.05, 4.69) is 10.6 Å². The largest absolute Gasteiger partial charge is 0.324 e. The second-order valence-electron chi connectivity index (χ2n) is 8.25. The van der Waals surface area contributed by atoms with Crippen LogP contribution in [0.25, 0.3) is 0 Å². The Morgan fingerprint density at radius 3 is 2.57 bits per heavy atom. The van der Waals surface area contributed by atoms with E-state index in [4.69, 9.17) is 0 Å². The lowest BCUT2D eigenvalue weighted by molar-refractivity contribution is -0.135. The average Bonchev–Trinajstić information content (AvgIpc) is 3.36. The molecule has 1 aromatic rings. The number of Topliss-reactive ketones (excluding diaryl/α,β-unsaturated/α-hetero) is 1. The fraction of sp³-hybridized carbons (Fsp3) is 0.524. The Morgan fingerprint density at radius 2 is 1.89 bits per heavy atom. The number of imide groups is 1. The zero-order valence-corrected chi connectivity index (χ0v) is 16.0. The molecule has 1 atom stereocenters. The summed E-state index contributed by atoms with van der Waals surface area (Å²) in [5, 5.41) is 5.05. The Bertz CT molecular complexity index is 859. The van der Waals surface area contributed by atoms with E-state index >= 15 is 0 Å². The number of carbonyl (C=O) groups is 4. The van der Waals surface area contributed by atoms with Crippen molar-refractivity contribution in [3.05, 3.63) is 29.3 Å². The molecule has 7 nitrogen and oxygen atoms in total. The van der Waals surface area contributed by atoms with E-state index in [0.717, 1.165) is 30.4 Å². The van der Waals surface area contributed by atoms with Gasteiger partial charge in [0.2, 0.25) is 5.78 Å². The maximum absolute atomic E-state index is 12.3. The van der Waals surface area contributed by atoms with Crippen LogP contribution in [0.15, 0.2) is 18.2 Å². The summed E-state index contributed by atoms with van der Waals surface area (Å²) in [5.74, 6) is -0.685. The molecule has 1 aromatic carbocycles. The molecule has 1 spiro atoms. The fourth-order valence-electron chi connectivity index (χ4n) is 4.72. The molecule has 0 radical (unpaired) electrons. The number of rotatable bonds is 5. The molecule has 0 bridgehead atoms. The van der Waals surface area contributed by atoms with Gasteiger partial charge >= 0.3 is 6.03 Å². The van der Waals surface area contributed by atoms with Gasteiger partial charge in [0.05, 0.1) is 0 Å². The minimum atomic E-state index is -0.890. The van der Waals surface area contributed by atoms with Gasteiger partial charge in [-0.1, -0.05) is 31.7 Å². The normalized spacial score (nSPS) is 24.0. The summed E-state index contributed by atoms with van der Waals surface area (Å²) in [4.78, 5) is 50.0. The monoisotopic (exact) mass is 383 g/mol. The van der Waals surface area contributed by atoms with E-state index < -0.39 is 11.4 Å². The van der Waals surface area contributed by atoms with E-state index in [9.17, 15) is 19.2 Å². The van der Waals surface area contributed by atoms with Gasteiger partial charge in [0.25, 0.3) is 11.8 Å². The smallest absolute Gasteiger partial charge is 0.319 e. The molecule has 2 aliphatic carbocycles. The van der Waals surface area contributed by atoms with Crippen molar-refractivity contribution in [2.24, 2.45) is 5.92 Å². The van der Waals surface area contributed by atoms with Crippen molar-refractivity contribution in [3.63, 3.8) is 0 Å². The van der Waals surface area contributed by atoms with Crippen molar-refractivity contribution in [2.75, 3.05) is 12.4 Å². The third-order valence-electron chi connectivity index (χ3n) is 6.53. The van der Waals surface area contributed by atoms with Gasteiger partial charge in [-0.2, -0.15) is 0 Å². The molecular weight excluding hydrogens is 358 g/mol. The minimum Gasteiger partial charge on any atom is -0.319 e. The zero-order valence-electron chi connectivity index (χ0n) is 16.0. The summed E-state index contributed by atoms with van der Waals surface area (Å²) in [6, 6.07) is 5.01. The highest BCUT2D eigenvalue weighted by molar-refractivity contribution is 6.40. The highest BCUT2D eigenvalue weighted by Crippen LogP contribution is 2.38. The number of urea groups is 1. The number of hydrogen-bond donors (Lipinski definition) is 2. The number of nitrogens with zero attached hydrogens (tertiary/aromatic N) is 1. The van der Waals surface area contributed by atoms with Crippen LogP contribution < -0.4 is 10.6 Å². The predicted molar refractivity (Wildman–Crippen MR) is 103 cm³/mol. The highest BCUT2D eigenvalue weighted by Gasteiger charge is 2.54. The van der Waals surface area contributed by atoms with Crippen LogP contribution >= 0.6 is 0 Å². The molecule has 148 valence electrons. The fourth-order valence-corrected chi connectivity index (χ4v) is 4.72. The summed E-state index contributed by atoms with van der Waals surface area (Å²) >= 11 is 0. The second kappa shape index (κ2) is 7.04. The van der Waals surface area contributed by atoms with Crippen LogP contribution in [0.3, 0.4) is 0 Å². The van der Waals surface area contributed by atoms with E-state index in [-0.39, 0.29) is 24.1 Å². The molecule has 7 heteroatoms. The van der Waals surface area contributed by atoms with Crippen LogP contribution in [0.4, 0.5) is 10.5 Å². The van der Waals surface area contributed by atoms with Crippen LogP contribution in [0.2, 0.25) is 0 Å². The molecule has 28 heavy (non-hydrogen) atoms. The van der Waals surface area contributed by atoms with Gasteiger partial charge in [-0.15, -0.1) is 0 Å². The Labute approximate surface area is 163 Å². The quantitative estimate of drug-likeness (QED) is 0.602. The standard InChI is InChI=1S/C21H25N3O4/c1-24-20(28)23-19(27)21(24)11-14-7-8-16(10-15(14)12-21)22-18(26)17(25)9-6-13-4-2-3-5-13/h7-8,10,13H,2-6,9,11-12H2,1H3,(H,22,26)(H,23,27,28). The van der Waals surface area contributed by atoms with E-state index in [1.165, 1.54) is 17.7 Å². The van der Waals surface area contributed by atoms with Crippen LogP contribution in [0, 0.1) is 5.92 Å². The van der Waals surface area contributed by atoms with Gasteiger partial charge in [0.1, 0.15) is 5.54 Å². The molecule has 1 aliphatic heterocycles. The summed E-state index contributed by atoms with van der Waals surface area (Å²) in [6.07, 6.45) is 6.69. The minimum absolute atomic E-state index is 0.288. The summed E-state index contributed by atoms with van der Waals surface area (Å²) < 4.78 is 0. The number of amides is 4. The molecule has 1 heterocycles. The summed E-state index contributed by atoms with van der Waals surface area (Å²) in [7, 11) is 1.62. The van der Waals surface area contributed by atoms with Gasteiger partial charge in [-0.25, -0.2) is 4.79 Å². The zero-order chi connectivity index (χ0) is 19.9. The predicted octanol–water partition coefficient (Wildman–Crippen LogP) is 2.18. The highest BCUT2D eigenvalue weighted by atomic mass is 16.2. The number of benzene rings is 1. The van der Waals surface area contributed by atoms with Crippen molar-refractivity contribution in [1.29, 1.82) is 0 Å². The molecule has 2 fully saturated rings. The lowest BCUT2D eigenvalue weighted by atomic mass is 9.95. The molecular formula is C21H25N3O4. The van der Waals surface area contributed by atoms with E-state index in [1.807, 2.05) is 6.07 Å². The first-order valence-corrected chi connectivity index (χ1v) is 9.94. The van der Waals surface area contributed by atoms with Crippen molar-refractivity contribution in [2.45, 2.75) is 56.9 Å². The Morgan fingerprint density at radius 1 is 1.18 bits per heavy atom. The first-order valence-electron chi connectivity index (χ1n) is 9.94. The third-order valence-corrected chi connectivity index (χ3v) is 6.53. The van der Waals surface area contributed by atoms with Gasteiger partial charge < -0.3 is 10.2 Å². The first kappa shape index (κ1) is 18.7. The van der Waals surface area contributed by atoms with Crippen molar-refractivity contribution in [3.8, 4) is 0 Å². The van der Waals surface area contributed by atoms with Gasteiger partial charge in [0.15, 0.2) is 0 Å². The Hall–Kier alpha value is -2.70. The third kappa shape index (κ3) is 3.19. The first-order chi connectivity index (χ1) is 13.4. The van der Waals surface area contributed by atoms with E-state index in [0.29, 0.717) is 24.4 Å². The van der Waals surface area contributed by atoms with Crippen LogP contribution in [0.1, 0.15) is 49.7 Å². The Balaban J connectivity index is 1.40. The molecule has 1 unspecified atom stereocenters. The van der Waals surface area contributed by atoms with Crippen molar-refractivity contribution >= 4 is 29.3 Å². The number of nitrogens with one attached hydrogen (secondary N) is 2. The van der Waals surface area contributed by atoms with Crippen LogP contribution in [0.5, 0.6) is 0 Å². The molecule has 1 saturated heterocycles. The molecule has 0 aromatic heterocycles. The molecule has 3 aliphatic rings. The van der Waals surface area contributed by atoms with Crippen LogP contribution in [-0.4, -0.2) is 41.1 Å². The number of ketones is 1. The lowest BCUT2D eigenvalue weighted by Crippen LogP contribution is -2.48. The van der Waals surface area contributed by atoms with Gasteiger partial charge in [0, 0.05) is 32.0 Å². The maximum Gasteiger partial charge on any atom is 0.324 e. The molecule has 4 rings (SSSR count). The topological polar surface area (TPSA) is 95.6 Å². The second-order valence-corrected chi connectivity index (χ2v) is 8.25. The number of likely N-dealkylation sites (N-methyl/N-ethyl adjacent to an activating group) is 1. The number of fused-ring (bicyclic) bond motifs is 1. The number of anilines is 1. The Kier molecular flexibility index (Phi) is 4.69. The molecule has 1 saturated carbocycles. The SMILES string of the molecule is CN1C(=O)NC(=O)C12Cc1ccc(NC(=O)C(=O)CCC3CCCC3)cc1C2. The molecule has 2 N–H and O–H groups in total. The van der Waals surface area contributed by atoms with Crippen LogP contribution in [-0.2, 0) is 27.2 Å². The molecule has 4 amide bonds. The van der Waals surface area contributed by atoms with Gasteiger partial charge in [-0.3, -0.25) is 19.7 Å². The van der Waals surface area contributed by atoms with Crippen molar-refractivity contribution < 1.29 is 19.2 Å². The van der Waals surface area contributed by atoms with Gasteiger partial charge in [-0.05, 0) is 35.6 Å².